The van der Waals surface area contributed by atoms with Crippen LogP contribution in [0.25, 0.3) is 22.4 Å². The summed E-state index contributed by atoms with van der Waals surface area (Å²) in [6.07, 6.45) is 3.42. The number of aromatic amines is 1. The Kier molecular flexibility index (Phi) is 4.67. The van der Waals surface area contributed by atoms with Crippen LogP contribution in [-0.4, -0.2) is 50.8 Å². The highest BCUT2D eigenvalue weighted by Crippen LogP contribution is 2.38. The number of aliphatic hydroxyl groups is 1. The van der Waals surface area contributed by atoms with E-state index in [-0.39, 0.29) is 12.0 Å². The molecule has 1 saturated carbocycles. The second kappa shape index (κ2) is 6.90. The van der Waals surface area contributed by atoms with Gasteiger partial charge >= 0.3 is 0 Å². The monoisotopic (exact) mass is 401 g/mol. The Morgan fingerprint density at radius 3 is 2.61 bits per heavy atom. The van der Waals surface area contributed by atoms with Crippen molar-refractivity contribution in [3.05, 3.63) is 29.4 Å². The number of halogens is 1. The molecule has 0 unspecified atom stereocenters. The molecule has 7 nitrogen and oxygen atoms in total. The molecule has 1 aliphatic carbocycles. The number of imidazole rings is 1. The van der Waals surface area contributed by atoms with Gasteiger partial charge in [-0.25, -0.2) is 9.97 Å². The van der Waals surface area contributed by atoms with E-state index < -0.39 is 5.60 Å². The average Bonchev–Trinajstić information content (AvgIpc) is 2.97. The molecule has 28 heavy (non-hydrogen) atoms. The molecule has 3 aromatic rings. The lowest BCUT2D eigenvalue weighted by Crippen LogP contribution is -2.45. The van der Waals surface area contributed by atoms with Gasteiger partial charge in [-0.1, -0.05) is 11.6 Å². The molecule has 0 amide bonds. The number of aromatic nitrogens is 4. The number of pyridine rings is 2. The predicted molar refractivity (Wildman–Crippen MR) is 110 cm³/mol. The lowest BCUT2D eigenvalue weighted by molar-refractivity contribution is -0.0692. The minimum absolute atomic E-state index is 0.0507. The molecular formula is C20H24ClN5O2. The van der Waals surface area contributed by atoms with Gasteiger partial charge in [0.05, 0.1) is 21.8 Å². The summed E-state index contributed by atoms with van der Waals surface area (Å²) in [6.45, 7) is 3.67. The van der Waals surface area contributed by atoms with Gasteiger partial charge < -0.3 is 19.7 Å². The summed E-state index contributed by atoms with van der Waals surface area (Å²) in [5.41, 5.74) is 2.06. The molecule has 0 saturated heterocycles. The minimum Gasteiger partial charge on any atom is -0.461 e. The van der Waals surface area contributed by atoms with Crippen molar-refractivity contribution in [1.29, 1.82) is 0 Å². The van der Waals surface area contributed by atoms with Crippen LogP contribution in [-0.2, 0) is 0 Å². The summed E-state index contributed by atoms with van der Waals surface area (Å²) >= 11 is 6.45. The number of fused-ring (bicyclic) bond motifs is 1. The fourth-order valence-corrected chi connectivity index (χ4v) is 3.60. The van der Waals surface area contributed by atoms with Gasteiger partial charge in [0.1, 0.15) is 11.9 Å². The van der Waals surface area contributed by atoms with Crippen molar-refractivity contribution in [3.63, 3.8) is 0 Å². The van der Waals surface area contributed by atoms with E-state index >= 15 is 0 Å². The largest absolute Gasteiger partial charge is 0.461 e. The highest BCUT2D eigenvalue weighted by atomic mass is 35.5. The zero-order valence-corrected chi connectivity index (χ0v) is 17.2. The SMILES string of the molecule is CN(C)c1ccc(-c2nc3nc(OC4CC(C(C)(C)O)C4)[nH]c3cc2Cl)cn1. The van der Waals surface area contributed by atoms with Crippen LogP contribution in [0.5, 0.6) is 6.01 Å². The van der Waals surface area contributed by atoms with Crippen LogP contribution in [0.2, 0.25) is 5.02 Å². The highest BCUT2D eigenvalue weighted by Gasteiger charge is 2.40. The molecule has 3 heterocycles. The first-order valence-corrected chi connectivity index (χ1v) is 9.67. The Labute approximate surface area is 168 Å². The molecule has 0 radical (unpaired) electrons. The van der Waals surface area contributed by atoms with E-state index in [9.17, 15) is 5.11 Å². The van der Waals surface area contributed by atoms with Crippen LogP contribution in [0, 0.1) is 5.92 Å². The maximum Gasteiger partial charge on any atom is 0.296 e. The molecule has 0 atom stereocenters. The van der Waals surface area contributed by atoms with E-state index in [2.05, 4.69) is 19.9 Å². The van der Waals surface area contributed by atoms with Gasteiger partial charge in [0.15, 0.2) is 5.65 Å². The maximum absolute atomic E-state index is 10.0. The summed E-state index contributed by atoms with van der Waals surface area (Å²) in [4.78, 5) is 18.5. The van der Waals surface area contributed by atoms with Gasteiger partial charge in [0.25, 0.3) is 6.01 Å². The predicted octanol–water partition coefficient (Wildman–Crippen LogP) is 3.67. The Balaban J connectivity index is 1.54. The molecule has 4 rings (SSSR count). The van der Waals surface area contributed by atoms with E-state index in [1.165, 1.54) is 0 Å². The van der Waals surface area contributed by atoms with Crippen LogP contribution in [0.15, 0.2) is 24.4 Å². The average molecular weight is 402 g/mol. The molecule has 148 valence electrons. The van der Waals surface area contributed by atoms with Gasteiger partial charge in [-0.15, -0.1) is 0 Å². The third kappa shape index (κ3) is 3.64. The van der Waals surface area contributed by atoms with Crippen LogP contribution in [0.3, 0.4) is 0 Å². The Morgan fingerprint density at radius 2 is 2.00 bits per heavy atom. The molecule has 1 aliphatic rings. The van der Waals surface area contributed by atoms with Gasteiger partial charge in [-0.2, -0.15) is 4.98 Å². The summed E-state index contributed by atoms with van der Waals surface area (Å²) in [5, 5.41) is 10.6. The van der Waals surface area contributed by atoms with E-state index in [0.717, 1.165) is 29.7 Å². The maximum atomic E-state index is 10.0. The summed E-state index contributed by atoms with van der Waals surface area (Å²) < 4.78 is 5.91. The smallest absolute Gasteiger partial charge is 0.296 e. The number of anilines is 1. The fourth-order valence-electron chi connectivity index (χ4n) is 3.34. The standard InChI is InChI=1S/C20H24ClN5O2/c1-20(2,27)12-7-13(8-12)28-19-23-15-9-14(21)17(24-18(15)25-19)11-5-6-16(22-10-11)26(3)4/h5-6,9-10,12-13,27H,7-8H2,1-4H3,(H,23,24,25). The quantitative estimate of drug-likeness (QED) is 0.678. The van der Waals surface area contributed by atoms with E-state index in [1.807, 2.05) is 45.0 Å². The summed E-state index contributed by atoms with van der Waals surface area (Å²) in [7, 11) is 3.88. The van der Waals surface area contributed by atoms with Gasteiger partial charge in [-0.3, -0.25) is 0 Å². The number of rotatable bonds is 5. The molecule has 0 aliphatic heterocycles. The van der Waals surface area contributed by atoms with E-state index in [1.54, 1.807) is 12.3 Å². The first-order valence-electron chi connectivity index (χ1n) is 9.30. The van der Waals surface area contributed by atoms with E-state index in [0.29, 0.717) is 22.4 Å². The molecule has 0 spiro atoms. The van der Waals surface area contributed by atoms with Crippen molar-refractivity contribution in [2.45, 2.75) is 38.4 Å². The minimum atomic E-state index is -0.673. The van der Waals surface area contributed by atoms with Crippen LogP contribution in [0.1, 0.15) is 26.7 Å². The number of nitrogens with one attached hydrogen (secondary N) is 1. The van der Waals surface area contributed by atoms with Crippen molar-refractivity contribution < 1.29 is 9.84 Å². The van der Waals surface area contributed by atoms with Crippen molar-refractivity contribution >= 4 is 28.6 Å². The van der Waals surface area contributed by atoms with Crippen molar-refractivity contribution in [2.75, 3.05) is 19.0 Å². The lowest BCUT2D eigenvalue weighted by Gasteiger charge is -2.41. The molecule has 3 aromatic heterocycles. The normalized spacial score (nSPS) is 19.5. The van der Waals surface area contributed by atoms with Crippen molar-refractivity contribution in [3.8, 4) is 17.3 Å². The zero-order chi connectivity index (χ0) is 20.1. The molecular weight excluding hydrogens is 378 g/mol. The Hall–Kier alpha value is -2.38. The summed E-state index contributed by atoms with van der Waals surface area (Å²) in [6, 6.07) is 6.10. The second-order valence-electron chi connectivity index (χ2n) is 8.09. The first-order chi connectivity index (χ1) is 13.2. The number of H-pyrrole nitrogens is 1. The summed E-state index contributed by atoms with van der Waals surface area (Å²) in [5.74, 6) is 1.11. The van der Waals surface area contributed by atoms with Crippen LogP contribution >= 0.6 is 11.6 Å². The van der Waals surface area contributed by atoms with Crippen molar-refractivity contribution in [1.82, 2.24) is 19.9 Å². The first kappa shape index (κ1) is 19.0. The number of ether oxygens (including phenoxy) is 1. The van der Waals surface area contributed by atoms with Gasteiger partial charge in [0, 0.05) is 25.9 Å². The van der Waals surface area contributed by atoms with E-state index in [4.69, 9.17) is 16.3 Å². The topological polar surface area (TPSA) is 87.2 Å². The number of hydrogen-bond acceptors (Lipinski definition) is 6. The molecule has 0 aromatic carbocycles. The zero-order valence-electron chi connectivity index (χ0n) is 16.4. The Morgan fingerprint density at radius 1 is 1.25 bits per heavy atom. The third-order valence-corrected chi connectivity index (χ3v) is 5.54. The molecule has 0 bridgehead atoms. The molecule has 2 N–H and O–H groups in total. The fraction of sp³-hybridized carbons (Fsp3) is 0.450. The van der Waals surface area contributed by atoms with Gasteiger partial charge in [0.2, 0.25) is 0 Å². The number of hydrogen-bond donors (Lipinski definition) is 2. The Bertz CT molecular complexity index is 988. The van der Waals surface area contributed by atoms with Crippen LogP contribution < -0.4 is 9.64 Å². The highest BCUT2D eigenvalue weighted by molar-refractivity contribution is 6.33. The second-order valence-corrected chi connectivity index (χ2v) is 8.50. The number of nitrogens with zero attached hydrogens (tertiary/aromatic N) is 4. The van der Waals surface area contributed by atoms with Crippen molar-refractivity contribution in [2.24, 2.45) is 5.92 Å². The van der Waals surface area contributed by atoms with Gasteiger partial charge in [-0.05, 0) is 50.8 Å². The van der Waals surface area contributed by atoms with Crippen LogP contribution in [0.4, 0.5) is 5.82 Å². The lowest BCUT2D eigenvalue weighted by atomic mass is 9.72. The molecule has 8 heteroatoms. The third-order valence-electron chi connectivity index (χ3n) is 5.26. The molecule has 1 fully saturated rings.